The third kappa shape index (κ3) is 185. The lowest BCUT2D eigenvalue weighted by Gasteiger charge is -2.22. The number of allylic oxidation sites excluding steroid dienone is 16. The predicted octanol–water partition coefficient (Wildman–Crippen LogP) is 37.3. The highest BCUT2D eigenvalue weighted by molar-refractivity contribution is 5.93. The average Bonchev–Trinajstić information content (AvgIpc) is 0.858. The molecule has 0 unspecified atom stereocenters. The molecule has 11 nitrogen and oxygen atoms in total. The summed E-state index contributed by atoms with van der Waals surface area (Å²) in [5.74, 6) is 0. The third-order valence-electron chi connectivity index (χ3n) is 12.3. The molecule has 0 bridgehead atoms. The summed E-state index contributed by atoms with van der Waals surface area (Å²) in [6.45, 7) is 134. The van der Waals surface area contributed by atoms with E-state index in [-0.39, 0.29) is 98.3 Å². The maximum Gasteiger partial charge on any atom is 0.110 e. The second-order valence-corrected chi connectivity index (χ2v) is 55.8. The van der Waals surface area contributed by atoms with Crippen molar-refractivity contribution in [2.45, 2.75) is 495 Å². The first-order chi connectivity index (χ1) is 56.1. The Hall–Kier alpha value is -5.97. The van der Waals surface area contributed by atoms with Gasteiger partial charge in [0.2, 0.25) is 0 Å². The molecule has 0 N–H and O–H groups in total. The Kier molecular flexibility index (Phi) is 64.4. The molecule has 742 valence electrons. The van der Waals surface area contributed by atoms with Crippen molar-refractivity contribution in [2.24, 2.45) is 131 Å². The Morgan fingerprint density at radius 3 is 0.693 bits per heavy atom. The number of hydrogen-bond donors (Lipinski definition) is 0. The standard InChI is InChI=1S/C16H31N.2C12H23N.C12H22.4C11H21N.2C10H20N2/c1-14(2,3)10-13(11-15(4,5)6)12-17-16(7,8)9;1-10(8-11(2,3)4)9-13-12(5,6)7;1-10(13-12(5,6)7)8-9-11(2,3)4;1-11(2,3)9-7-8-10-12(4,5)6;2*1-10(2,3)7-8-12-9-11(4,5)6;2*1-10(2,3)8-7-9-12-11(4,5)6;2*1-9(2,3)7-11-8-12-10(4,5)6/h10,12H,11H2,1-9H3;2*8-9H,1-7H3;7-10H,1-6H3;4*7-9H,1-6H3;2*7-8H,1-6H3/b13-10-,17-12?;10-8-,13-9?;9-8-,13-10?;9-7-,10-8-;4*8-7-,12-9?;;/i;1D3;;;;;;;;. The van der Waals surface area contributed by atoms with Crippen LogP contribution in [-0.2, 0) is 0 Å². The van der Waals surface area contributed by atoms with Crippen molar-refractivity contribution in [1.29, 1.82) is 0 Å². The van der Waals surface area contributed by atoms with Gasteiger partial charge < -0.3 is 0 Å². The van der Waals surface area contributed by atoms with Crippen molar-refractivity contribution >= 4 is 68.1 Å². The lowest BCUT2D eigenvalue weighted by Crippen LogP contribution is -2.13. The molecule has 0 aromatic heterocycles. The van der Waals surface area contributed by atoms with E-state index in [1.165, 1.54) is 11.8 Å². The predicted molar refractivity (Wildman–Crippen MR) is 599 cm³/mol. The Morgan fingerprint density at radius 1 is 0.236 bits per heavy atom. The molecule has 0 aromatic carbocycles. The molecule has 0 rings (SSSR count). The Labute approximate surface area is 802 Å². The minimum absolute atomic E-state index is 0.00879. The summed E-state index contributed by atoms with van der Waals surface area (Å²) in [5, 5.41) is 0. The molecule has 0 aliphatic heterocycles. The summed E-state index contributed by atoms with van der Waals surface area (Å²) in [5.41, 5.74) is 5.42. The van der Waals surface area contributed by atoms with Gasteiger partial charge in [-0.1, -0.05) is 358 Å². The van der Waals surface area contributed by atoms with Gasteiger partial charge in [0, 0.05) is 71.9 Å². The van der Waals surface area contributed by atoms with Crippen LogP contribution in [-0.4, -0.2) is 107 Å². The molecule has 0 spiro atoms. The second-order valence-electron chi connectivity index (χ2n) is 55.8. The van der Waals surface area contributed by atoms with E-state index < -0.39 is 6.85 Å². The maximum absolute atomic E-state index is 7.45. The van der Waals surface area contributed by atoms with Gasteiger partial charge in [-0.05, 0) is 271 Å². The van der Waals surface area contributed by atoms with Gasteiger partial charge in [-0.15, -0.1) is 0 Å². The fourth-order valence-corrected chi connectivity index (χ4v) is 7.16. The van der Waals surface area contributed by atoms with E-state index in [0.29, 0.717) is 21.8 Å². The first-order valence-corrected chi connectivity index (χ1v) is 46.9. The highest BCUT2D eigenvalue weighted by atomic mass is 14.9. The van der Waals surface area contributed by atoms with E-state index >= 15 is 0 Å². The van der Waals surface area contributed by atoms with Crippen LogP contribution in [0.15, 0.2) is 164 Å². The molecule has 0 aromatic rings. The fraction of sp³-hybridized carbons (Fsp3) is 0.750. The van der Waals surface area contributed by atoms with Crippen LogP contribution in [0.3, 0.4) is 0 Å². The molecule has 0 fully saturated rings. The van der Waals surface area contributed by atoms with Crippen LogP contribution < -0.4 is 0 Å². The summed E-state index contributed by atoms with van der Waals surface area (Å²) in [4.78, 5) is 47.3. The van der Waals surface area contributed by atoms with E-state index in [1.807, 2.05) is 110 Å². The first-order valence-electron chi connectivity index (χ1n) is 48.4. The number of hydrogen-bond acceptors (Lipinski definition) is 9. The summed E-state index contributed by atoms with van der Waals surface area (Å²) < 4.78 is 22.4. The van der Waals surface area contributed by atoms with E-state index in [4.69, 9.17) is 4.11 Å². The van der Waals surface area contributed by atoms with Gasteiger partial charge >= 0.3 is 0 Å². The fourth-order valence-electron chi connectivity index (χ4n) is 7.16. The largest absolute Gasteiger partial charge is 0.287 e. The van der Waals surface area contributed by atoms with Gasteiger partial charge in [-0.3, -0.25) is 44.9 Å². The zero-order valence-electron chi connectivity index (χ0n) is 100. The molecule has 0 radical (unpaired) electrons. The van der Waals surface area contributed by atoms with Crippen molar-refractivity contribution in [3.8, 4) is 0 Å². The third-order valence-corrected chi connectivity index (χ3v) is 12.3. The van der Waals surface area contributed by atoms with E-state index in [0.717, 1.165) is 12.1 Å². The van der Waals surface area contributed by atoms with E-state index in [9.17, 15) is 0 Å². The molecule has 0 aliphatic rings. The van der Waals surface area contributed by atoms with Crippen LogP contribution in [0.1, 0.15) is 461 Å². The zero-order chi connectivity index (χ0) is 107. The topological polar surface area (TPSA) is 136 Å². The molecule has 11 heteroatoms. The molecular weight excluding hydrogens is 1550 g/mol. The van der Waals surface area contributed by atoms with Crippen molar-refractivity contribution in [3.05, 3.63) is 109 Å². The van der Waals surface area contributed by atoms with Gasteiger partial charge in [0.05, 0.1) is 38.8 Å². The van der Waals surface area contributed by atoms with Crippen LogP contribution in [0.2, 0.25) is 0 Å². The summed E-state index contributed by atoms with van der Waals surface area (Å²) >= 11 is 0. The molecule has 0 saturated carbocycles. The highest BCUT2D eigenvalue weighted by Gasteiger charge is 2.19. The average molecular weight is 1780 g/mol. The highest BCUT2D eigenvalue weighted by Crippen LogP contribution is 2.29. The minimum atomic E-state index is -2.10. The quantitative estimate of drug-likeness (QED) is 0.111. The normalized spacial score (nSPS) is 15.5. The van der Waals surface area contributed by atoms with Crippen molar-refractivity contribution in [3.63, 3.8) is 0 Å². The van der Waals surface area contributed by atoms with Gasteiger partial charge in [0.25, 0.3) is 0 Å². The second kappa shape index (κ2) is 61.0. The lowest BCUT2D eigenvalue weighted by molar-refractivity contribution is 0.411. The van der Waals surface area contributed by atoms with Gasteiger partial charge in [0.1, 0.15) is 12.7 Å². The maximum atomic E-state index is 7.45. The van der Waals surface area contributed by atoms with Crippen LogP contribution in [0, 0.1) is 75.8 Å². The number of nitrogens with zero attached hydrogens (tertiary/aromatic N) is 11. The van der Waals surface area contributed by atoms with Crippen LogP contribution in [0.4, 0.5) is 0 Å². The Bertz CT molecular complexity index is 3030. The molecule has 0 heterocycles. The van der Waals surface area contributed by atoms with Gasteiger partial charge in [-0.25, -0.2) is 9.98 Å². The summed E-state index contributed by atoms with van der Waals surface area (Å²) in [6, 6.07) is 0. The van der Waals surface area contributed by atoms with Crippen molar-refractivity contribution < 1.29 is 4.11 Å². The molecule has 127 heavy (non-hydrogen) atoms. The minimum Gasteiger partial charge on any atom is -0.287 e. The van der Waals surface area contributed by atoms with Gasteiger partial charge in [-0.2, -0.15) is 0 Å². The molecular formula is C116H223N11. The van der Waals surface area contributed by atoms with E-state index in [2.05, 4.69) is 523 Å². The Balaban J connectivity index is -0.000000154. The first kappa shape index (κ1) is 134. The van der Waals surface area contributed by atoms with E-state index in [1.54, 1.807) is 18.8 Å². The lowest BCUT2D eigenvalue weighted by atomic mass is 9.84. The van der Waals surface area contributed by atoms with Crippen molar-refractivity contribution in [2.75, 3.05) is 0 Å². The molecule has 0 aliphatic carbocycles. The number of rotatable bonds is 11. The monoisotopic (exact) mass is 1770 g/mol. The summed E-state index contributed by atoms with van der Waals surface area (Å²) in [6.07, 6.45) is 52.8. The molecule has 0 saturated heterocycles. The number of aliphatic imine (C=N–C) groups is 11. The Morgan fingerprint density at radius 2 is 0.480 bits per heavy atom. The van der Waals surface area contributed by atoms with Gasteiger partial charge in [0.15, 0.2) is 0 Å². The van der Waals surface area contributed by atoms with Crippen LogP contribution in [0.25, 0.3) is 0 Å². The van der Waals surface area contributed by atoms with Crippen LogP contribution in [0.5, 0.6) is 0 Å². The molecule has 0 atom stereocenters. The van der Waals surface area contributed by atoms with Crippen molar-refractivity contribution in [1.82, 2.24) is 0 Å². The summed E-state index contributed by atoms with van der Waals surface area (Å²) in [7, 11) is 0. The SMILES string of the molecule is CC(/C=C\C(C)(C)C)=NC(C)(C)C.CC(C)(C)/C=C(\C=NC(C)(C)C)CC(C)(C)C.CC(C)(C)/C=C\C=C/C(C)(C)C.CC(C)(C)/C=C\C=NC(C)(C)C.CC(C)(C)/C=C\C=NC(C)(C)C.CC(C)(C)C=N/C=C\C(C)(C)C.CC(C)(C)C=N/C=C\C(C)(C)C.CC(C)(C)C=NC=NC(C)(C)C.CC(C)(C)C=NC=NC(C)(C)C.[2H]C([2H])([2H])/C(C=NC(C)(C)C)=C/C(C)(C)C. The zero-order valence-corrected chi connectivity index (χ0v) is 97.1. The molecule has 0 amide bonds. The smallest absolute Gasteiger partial charge is 0.110 e. The van der Waals surface area contributed by atoms with Crippen LogP contribution >= 0.6 is 0 Å².